The molecule has 1 N–H and O–H groups in total. The van der Waals surface area contributed by atoms with Crippen LogP contribution in [-0.4, -0.2) is 20.4 Å². The van der Waals surface area contributed by atoms with E-state index in [-0.39, 0.29) is 11.3 Å². The highest BCUT2D eigenvalue weighted by Gasteiger charge is 2.21. The number of carbonyl (C=O) groups excluding carboxylic acids is 1. The van der Waals surface area contributed by atoms with E-state index >= 15 is 0 Å². The van der Waals surface area contributed by atoms with Gasteiger partial charge in [0.25, 0.3) is 0 Å². The second kappa shape index (κ2) is 8.89. The smallest absolute Gasteiger partial charge is 0.241 e. The molecule has 1 atom stereocenters. The van der Waals surface area contributed by atoms with Crippen LogP contribution in [0.15, 0.2) is 83.8 Å². The number of carboxylic acid groups (broad SMARTS) is 1. The van der Waals surface area contributed by atoms with Crippen molar-refractivity contribution in [3.63, 3.8) is 0 Å². The van der Waals surface area contributed by atoms with Gasteiger partial charge in [-0.25, -0.2) is 13.1 Å². The first-order valence-corrected chi connectivity index (χ1v) is 10.4. The lowest BCUT2D eigenvalue weighted by molar-refractivity contribution is -0.307. The number of para-hydroxylation sites is 1. The quantitative estimate of drug-likeness (QED) is 0.615. The second-order valence-corrected chi connectivity index (χ2v) is 8.24. The second-order valence-electron chi connectivity index (χ2n) is 6.52. The van der Waals surface area contributed by atoms with Crippen molar-refractivity contribution >= 4 is 16.0 Å². The highest BCUT2D eigenvalue weighted by atomic mass is 32.2. The first-order chi connectivity index (χ1) is 13.8. The Morgan fingerprint density at radius 2 is 1.59 bits per heavy atom. The molecule has 3 rings (SSSR count). The van der Waals surface area contributed by atoms with Crippen molar-refractivity contribution in [1.82, 2.24) is 4.72 Å². The fraction of sp³-hybridized carbons (Fsp3) is 0.136. The highest BCUT2D eigenvalue weighted by molar-refractivity contribution is 7.89. The number of carbonyl (C=O) groups is 1. The molecule has 0 saturated carbocycles. The monoisotopic (exact) mass is 410 g/mol. The summed E-state index contributed by atoms with van der Waals surface area (Å²) < 4.78 is 33.2. The van der Waals surface area contributed by atoms with Crippen molar-refractivity contribution in [2.24, 2.45) is 0 Å². The maximum absolute atomic E-state index is 12.6. The lowest BCUT2D eigenvalue weighted by Crippen LogP contribution is -2.49. The molecule has 0 aliphatic carbocycles. The maximum Gasteiger partial charge on any atom is 0.241 e. The predicted octanol–water partition coefficient (Wildman–Crippen LogP) is 2.43. The summed E-state index contributed by atoms with van der Waals surface area (Å²) in [7, 11) is -4.05. The molecule has 0 bridgehead atoms. The van der Waals surface area contributed by atoms with Crippen LogP contribution in [0, 0.1) is 6.92 Å². The topological polar surface area (TPSA) is 95.5 Å². The normalized spacial score (nSPS) is 12.3. The number of sulfonamides is 1. The van der Waals surface area contributed by atoms with Crippen LogP contribution in [-0.2, 0) is 21.2 Å². The lowest BCUT2D eigenvalue weighted by atomic mass is 10.1. The molecule has 7 heteroatoms. The number of benzene rings is 3. The molecular formula is C22H20NO5S-. The zero-order valence-electron chi connectivity index (χ0n) is 15.7. The summed E-state index contributed by atoms with van der Waals surface area (Å²) in [5, 5.41) is 11.4. The van der Waals surface area contributed by atoms with Crippen LogP contribution in [0.1, 0.15) is 11.1 Å². The minimum atomic E-state index is -4.05. The molecule has 0 aliphatic heterocycles. The molecule has 3 aromatic rings. The Morgan fingerprint density at radius 1 is 0.966 bits per heavy atom. The lowest BCUT2D eigenvalue weighted by Gasteiger charge is -2.20. The number of carboxylic acids is 1. The Labute approximate surface area is 169 Å². The summed E-state index contributed by atoms with van der Waals surface area (Å²) in [5.74, 6) is -0.350. The van der Waals surface area contributed by atoms with Gasteiger partial charge in [0, 0.05) is 0 Å². The van der Waals surface area contributed by atoms with Crippen LogP contribution in [0.25, 0.3) is 0 Å². The number of hydrogen-bond donors (Lipinski definition) is 1. The molecule has 0 spiro atoms. The van der Waals surface area contributed by atoms with E-state index in [1.807, 2.05) is 31.2 Å². The van der Waals surface area contributed by atoms with E-state index in [0.29, 0.717) is 17.1 Å². The molecule has 0 aliphatic rings. The average Bonchev–Trinajstić information content (AvgIpc) is 2.70. The molecule has 0 amide bonds. The van der Waals surface area contributed by atoms with Gasteiger partial charge in [0.2, 0.25) is 10.0 Å². The summed E-state index contributed by atoms with van der Waals surface area (Å²) >= 11 is 0. The van der Waals surface area contributed by atoms with Crippen molar-refractivity contribution in [2.45, 2.75) is 24.3 Å². The Morgan fingerprint density at radius 3 is 2.21 bits per heavy atom. The van der Waals surface area contributed by atoms with Gasteiger partial charge in [-0.2, -0.15) is 0 Å². The first-order valence-electron chi connectivity index (χ1n) is 8.96. The van der Waals surface area contributed by atoms with E-state index in [2.05, 4.69) is 4.72 Å². The number of aliphatic carboxylic acids is 1. The van der Waals surface area contributed by atoms with Crippen LogP contribution < -0.4 is 14.6 Å². The molecule has 0 unspecified atom stereocenters. The van der Waals surface area contributed by atoms with E-state index in [1.165, 1.54) is 24.3 Å². The van der Waals surface area contributed by atoms with Gasteiger partial charge >= 0.3 is 0 Å². The molecule has 3 aromatic carbocycles. The number of aryl methyl sites for hydroxylation is 1. The number of hydrogen-bond acceptors (Lipinski definition) is 5. The molecule has 0 radical (unpaired) electrons. The van der Waals surface area contributed by atoms with Crippen LogP contribution >= 0.6 is 0 Å². The van der Waals surface area contributed by atoms with Gasteiger partial charge in [0.15, 0.2) is 0 Å². The van der Waals surface area contributed by atoms with Gasteiger partial charge < -0.3 is 14.6 Å². The van der Waals surface area contributed by atoms with Crippen molar-refractivity contribution in [2.75, 3.05) is 0 Å². The zero-order valence-corrected chi connectivity index (χ0v) is 16.6. The Bertz CT molecular complexity index is 1080. The van der Waals surface area contributed by atoms with Gasteiger partial charge in [-0.15, -0.1) is 0 Å². The van der Waals surface area contributed by atoms with Gasteiger partial charge in [-0.3, -0.25) is 0 Å². The highest BCUT2D eigenvalue weighted by Crippen LogP contribution is 2.25. The van der Waals surface area contributed by atoms with Crippen molar-refractivity contribution < 1.29 is 23.1 Å². The summed E-state index contributed by atoms with van der Waals surface area (Å²) in [6.07, 6.45) is -0.0170. The van der Waals surface area contributed by atoms with Gasteiger partial charge in [0.05, 0.1) is 16.9 Å². The summed E-state index contributed by atoms with van der Waals surface area (Å²) in [5.41, 5.74) is 1.63. The van der Waals surface area contributed by atoms with Crippen LogP contribution in [0.3, 0.4) is 0 Å². The standard InChI is InChI=1S/C22H21NO5S/c1-16-7-5-6-10-21(16)28-18-11-13-19(14-12-18)29(26,27)23-20(22(24)25)15-17-8-3-2-4-9-17/h2-14,20,23H,15H2,1H3,(H,24,25)/p-1/t20-/m1/s1. The fourth-order valence-electron chi connectivity index (χ4n) is 2.76. The van der Waals surface area contributed by atoms with E-state index < -0.39 is 22.0 Å². The van der Waals surface area contributed by atoms with Crippen LogP contribution in [0.4, 0.5) is 0 Å². The number of rotatable bonds is 8. The third-order valence-corrected chi connectivity index (χ3v) is 5.81. The SMILES string of the molecule is Cc1ccccc1Oc1ccc(S(=O)(=O)N[C@H](Cc2ccccc2)C(=O)[O-])cc1. The molecule has 0 heterocycles. The zero-order chi connectivity index (χ0) is 20.9. The molecule has 0 saturated heterocycles. The van der Waals surface area contributed by atoms with Crippen molar-refractivity contribution in [3.05, 3.63) is 90.0 Å². The third kappa shape index (κ3) is 5.43. The van der Waals surface area contributed by atoms with E-state index in [0.717, 1.165) is 5.56 Å². The summed E-state index contributed by atoms with van der Waals surface area (Å²) in [6.45, 7) is 1.91. The maximum atomic E-state index is 12.6. The van der Waals surface area contributed by atoms with Gasteiger partial charge in [-0.05, 0) is 54.8 Å². The Hall–Kier alpha value is -3.16. The predicted molar refractivity (Wildman–Crippen MR) is 107 cm³/mol. The molecular weight excluding hydrogens is 390 g/mol. The first kappa shape index (κ1) is 20.6. The van der Waals surface area contributed by atoms with Gasteiger partial charge in [-0.1, -0.05) is 48.5 Å². The largest absolute Gasteiger partial charge is 0.548 e. The molecule has 150 valence electrons. The fourth-order valence-corrected chi connectivity index (χ4v) is 3.95. The average molecular weight is 410 g/mol. The molecule has 29 heavy (non-hydrogen) atoms. The van der Waals surface area contributed by atoms with E-state index in [9.17, 15) is 18.3 Å². The van der Waals surface area contributed by atoms with Crippen LogP contribution in [0.5, 0.6) is 11.5 Å². The summed E-state index contributed by atoms with van der Waals surface area (Å²) in [6, 6.07) is 20.6. The number of ether oxygens (including phenoxy) is 1. The Kier molecular flexibility index (Phi) is 6.31. The molecule has 0 aromatic heterocycles. The molecule has 0 fully saturated rings. The van der Waals surface area contributed by atoms with E-state index in [4.69, 9.17) is 4.74 Å². The van der Waals surface area contributed by atoms with Crippen molar-refractivity contribution in [1.29, 1.82) is 0 Å². The summed E-state index contributed by atoms with van der Waals surface area (Å²) in [4.78, 5) is 11.4. The van der Waals surface area contributed by atoms with Crippen molar-refractivity contribution in [3.8, 4) is 11.5 Å². The van der Waals surface area contributed by atoms with E-state index in [1.54, 1.807) is 30.3 Å². The number of nitrogens with one attached hydrogen (secondary N) is 1. The van der Waals surface area contributed by atoms with Crippen LogP contribution in [0.2, 0.25) is 0 Å². The van der Waals surface area contributed by atoms with Gasteiger partial charge in [0.1, 0.15) is 11.5 Å². The molecule has 6 nitrogen and oxygen atoms in total. The Balaban J connectivity index is 1.74. The minimum absolute atomic E-state index is 0.0170. The minimum Gasteiger partial charge on any atom is -0.548 e. The third-order valence-electron chi connectivity index (χ3n) is 4.32.